The first kappa shape index (κ1) is 29.5. The normalized spacial score (nSPS) is 11.0. The molecule has 0 saturated carbocycles. The topological polar surface area (TPSA) is 80.6 Å². The van der Waals surface area contributed by atoms with Gasteiger partial charge in [-0.15, -0.1) is 0 Å². The monoisotopic (exact) mass is 586 g/mol. The Morgan fingerprint density at radius 1 is 0.854 bits per heavy atom. The molecule has 0 aliphatic carbocycles. The molecular formula is C33H28Cl2N2O4. The molecule has 0 aromatic heterocycles. The van der Waals surface area contributed by atoms with E-state index in [0.717, 1.165) is 16.7 Å². The van der Waals surface area contributed by atoms with Crippen molar-refractivity contribution in [3.05, 3.63) is 123 Å². The van der Waals surface area contributed by atoms with Gasteiger partial charge in [0.15, 0.2) is 17.2 Å². The molecule has 1 amide bonds. The maximum absolute atomic E-state index is 12.7. The Balaban J connectivity index is 1.45. The van der Waals surface area contributed by atoms with Crippen molar-refractivity contribution in [2.45, 2.75) is 27.1 Å². The number of ether oxygens (including phenoxy) is 3. The van der Waals surface area contributed by atoms with E-state index in [4.69, 9.17) is 37.4 Å². The fraction of sp³-hybridized carbons (Fsp3) is 0.152. The number of benzene rings is 4. The second-order valence-electron chi connectivity index (χ2n) is 9.08. The molecule has 4 rings (SSSR count). The zero-order valence-corrected chi connectivity index (χ0v) is 24.1. The Kier molecular flexibility index (Phi) is 10.3. The highest BCUT2D eigenvalue weighted by Crippen LogP contribution is 2.36. The van der Waals surface area contributed by atoms with Crippen molar-refractivity contribution < 1.29 is 19.0 Å². The third-order valence-electron chi connectivity index (χ3n) is 5.90. The number of nitriles is 1. The third-order valence-corrected chi connectivity index (χ3v) is 6.46. The van der Waals surface area contributed by atoms with Gasteiger partial charge in [-0.1, -0.05) is 71.7 Å². The Hall–Kier alpha value is -4.44. The maximum atomic E-state index is 12.7. The van der Waals surface area contributed by atoms with Crippen molar-refractivity contribution in [3.8, 4) is 23.3 Å². The van der Waals surface area contributed by atoms with Gasteiger partial charge in [-0.2, -0.15) is 5.26 Å². The lowest BCUT2D eigenvalue weighted by Crippen LogP contribution is -2.13. The van der Waals surface area contributed by atoms with E-state index >= 15 is 0 Å². The molecule has 6 nitrogen and oxygen atoms in total. The molecule has 0 saturated heterocycles. The molecule has 4 aromatic carbocycles. The zero-order valence-electron chi connectivity index (χ0n) is 22.6. The summed E-state index contributed by atoms with van der Waals surface area (Å²) < 4.78 is 17.7. The predicted molar refractivity (Wildman–Crippen MR) is 163 cm³/mol. The van der Waals surface area contributed by atoms with Gasteiger partial charge in [0, 0.05) is 5.69 Å². The van der Waals surface area contributed by atoms with E-state index in [9.17, 15) is 10.1 Å². The van der Waals surface area contributed by atoms with Crippen LogP contribution in [0.15, 0.2) is 90.5 Å². The highest BCUT2D eigenvalue weighted by Gasteiger charge is 2.14. The molecule has 0 fully saturated rings. The highest BCUT2D eigenvalue weighted by molar-refractivity contribution is 6.37. The molecule has 1 N–H and O–H groups in total. The lowest BCUT2D eigenvalue weighted by molar-refractivity contribution is -0.112. The molecule has 0 spiro atoms. The van der Waals surface area contributed by atoms with Crippen molar-refractivity contribution in [2.24, 2.45) is 0 Å². The second kappa shape index (κ2) is 14.3. The standard InChI is InChI=1S/C33H28Cl2N2O4/c1-3-39-31-18-24(12-13-30(31)40-20-23-9-5-4-6-10-23)21-41-32-28(34)16-25(17-29(32)35)15-26(19-36)33(38)37-27-11-7-8-22(2)14-27/h4-18H,3,20-21H2,1-2H3,(H,37,38)/b26-15+. The van der Waals surface area contributed by atoms with Crippen LogP contribution in [0.3, 0.4) is 0 Å². The first-order valence-corrected chi connectivity index (χ1v) is 13.7. The minimum atomic E-state index is -0.535. The summed E-state index contributed by atoms with van der Waals surface area (Å²) in [5, 5.41) is 12.8. The van der Waals surface area contributed by atoms with Crippen molar-refractivity contribution >= 4 is 40.9 Å². The second-order valence-corrected chi connectivity index (χ2v) is 9.90. The van der Waals surface area contributed by atoms with Gasteiger partial charge in [0.1, 0.15) is 24.9 Å². The SMILES string of the molecule is CCOc1cc(COc2c(Cl)cc(/C=C(\C#N)C(=O)Nc3cccc(C)c3)cc2Cl)ccc1OCc1ccccc1. The number of anilines is 1. The third kappa shape index (κ3) is 8.28. The summed E-state index contributed by atoms with van der Waals surface area (Å²) in [7, 11) is 0. The zero-order chi connectivity index (χ0) is 29.2. The van der Waals surface area contributed by atoms with E-state index in [1.54, 1.807) is 18.2 Å². The quantitative estimate of drug-likeness (QED) is 0.141. The van der Waals surface area contributed by atoms with Crippen LogP contribution in [0.4, 0.5) is 5.69 Å². The number of hydrogen-bond acceptors (Lipinski definition) is 5. The summed E-state index contributed by atoms with van der Waals surface area (Å²) in [4.78, 5) is 12.7. The van der Waals surface area contributed by atoms with Gasteiger partial charge < -0.3 is 19.5 Å². The van der Waals surface area contributed by atoms with Crippen molar-refractivity contribution in [1.29, 1.82) is 5.26 Å². The molecule has 0 aliphatic heterocycles. The Bertz CT molecular complexity index is 1570. The summed E-state index contributed by atoms with van der Waals surface area (Å²) in [5.74, 6) is 0.990. The van der Waals surface area contributed by atoms with Crippen LogP contribution in [-0.2, 0) is 18.0 Å². The highest BCUT2D eigenvalue weighted by atomic mass is 35.5. The minimum Gasteiger partial charge on any atom is -0.490 e. The van der Waals surface area contributed by atoms with Crippen LogP contribution in [0.1, 0.15) is 29.2 Å². The number of halogens is 2. The Morgan fingerprint density at radius 3 is 2.27 bits per heavy atom. The van der Waals surface area contributed by atoms with Gasteiger partial charge in [0.2, 0.25) is 0 Å². The average molecular weight is 588 g/mol. The fourth-order valence-corrected chi connectivity index (χ4v) is 4.57. The van der Waals surface area contributed by atoms with Gasteiger partial charge in [-0.25, -0.2) is 0 Å². The van der Waals surface area contributed by atoms with E-state index in [0.29, 0.717) is 36.0 Å². The van der Waals surface area contributed by atoms with Crippen LogP contribution < -0.4 is 19.5 Å². The predicted octanol–water partition coefficient (Wildman–Crippen LogP) is 8.40. The average Bonchev–Trinajstić information content (AvgIpc) is 2.95. The minimum absolute atomic E-state index is 0.0923. The smallest absolute Gasteiger partial charge is 0.266 e. The molecule has 41 heavy (non-hydrogen) atoms. The number of rotatable bonds is 11. The van der Waals surface area contributed by atoms with Crippen molar-refractivity contribution in [2.75, 3.05) is 11.9 Å². The lowest BCUT2D eigenvalue weighted by atomic mass is 10.1. The molecule has 0 heterocycles. The first-order valence-electron chi connectivity index (χ1n) is 12.9. The fourth-order valence-electron chi connectivity index (χ4n) is 3.96. The van der Waals surface area contributed by atoms with E-state index < -0.39 is 5.91 Å². The van der Waals surface area contributed by atoms with Gasteiger partial charge in [-0.3, -0.25) is 4.79 Å². The molecule has 8 heteroatoms. The van der Waals surface area contributed by atoms with Crippen LogP contribution in [0, 0.1) is 18.3 Å². The Labute approximate surface area is 249 Å². The van der Waals surface area contributed by atoms with Gasteiger partial charge in [0.05, 0.1) is 16.7 Å². The molecule has 0 unspecified atom stereocenters. The first-order chi connectivity index (χ1) is 19.9. The molecule has 0 radical (unpaired) electrons. The summed E-state index contributed by atoms with van der Waals surface area (Å²) in [6.45, 7) is 4.90. The van der Waals surface area contributed by atoms with Crippen LogP contribution in [0.5, 0.6) is 17.2 Å². The molecule has 0 atom stereocenters. The van der Waals surface area contributed by atoms with Crippen LogP contribution in [0.25, 0.3) is 6.08 Å². The summed E-state index contributed by atoms with van der Waals surface area (Å²) >= 11 is 13.0. The number of nitrogens with zero attached hydrogens (tertiary/aromatic N) is 1. The Morgan fingerprint density at radius 2 is 1.59 bits per heavy atom. The van der Waals surface area contributed by atoms with Crippen LogP contribution in [-0.4, -0.2) is 12.5 Å². The number of carbonyl (C=O) groups is 1. The molecule has 4 aromatic rings. The maximum Gasteiger partial charge on any atom is 0.266 e. The number of nitrogens with one attached hydrogen (secondary N) is 1. The number of hydrogen-bond donors (Lipinski definition) is 1. The van der Waals surface area contributed by atoms with Gasteiger partial charge in [-0.05, 0) is 78.6 Å². The molecular weight excluding hydrogens is 559 g/mol. The number of aryl methyl sites for hydroxylation is 1. The summed E-state index contributed by atoms with van der Waals surface area (Å²) in [6.07, 6.45) is 1.43. The van der Waals surface area contributed by atoms with Crippen molar-refractivity contribution in [1.82, 2.24) is 0 Å². The van der Waals surface area contributed by atoms with E-state index in [1.165, 1.54) is 6.08 Å². The number of carbonyl (C=O) groups excluding carboxylic acids is 1. The molecule has 208 valence electrons. The molecule has 0 aliphatic rings. The van der Waals surface area contributed by atoms with E-state index in [2.05, 4.69) is 5.32 Å². The van der Waals surface area contributed by atoms with Crippen LogP contribution >= 0.6 is 23.2 Å². The van der Waals surface area contributed by atoms with Gasteiger partial charge >= 0.3 is 0 Å². The summed E-state index contributed by atoms with van der Waals surface area (Å²) in [5.41, 5.74) is 3.86. The number of amides is 1. The van der Waals surface area contributed by atoms with E-state index in [1.807, 2.05) is 86.6 Å². The molecule has 0 bridgehead atoms. The van der Waals surface area contributed by atoms with Gasteiger partial charge in [0.25, 0.3) is 5.91 Å². The van der Waals surface area contributed by atoms with E-state index in [-0.39, 0.29) is 28.0 Å². The van der Waals surface area contributed by atoms with Crippen molar-refractivity contribution in [3.63, 3.8) is 0 Å². The largest absolute Gasteiger partial charge is 0.490 e. The lowest BCUT2D eigenvalue weighted by Gasteiger charge is -2.15. The summed E-state index contributed by atoms with van der Waals surface area (Å²) in [6, 6.07) is 27.9. The van der Waals surface area contributed by atoms with Crippen LogP contribution in [0.2, 0.25) is 10.0 Å².